The van der Waals surface area contributed by atoms with Crippen LogP contribution in [0.1, 0.15) is 24.8 Å². The Morgan fingerprint density at radius 1 is 1.47 bits per heavy atom. The molecule has 1 fully saturated rings. The Morgan fingerprint density at radius 2 is 2.21 bits per heavy atom. The van der Waals surface area contributed by atoms with Crippen LogP contribution in [0.25, 0.3) is 0 Å². The fourth-order valence-corrected chi connectivity index (χ4v) is 2.52. The number of nitro groups is 1. The van der Waals surface area contributed by atoms with Crippen molar-refractivity contribution in [1.29, 1.82) is 0 Å². The number of anilines is 1. The molecular weight excluding hydrogens is 248 g/mol. The van der Waals surface area contributed by atoms with E-state index < -0.39 is 16.9 Å². The van der Waals surface area contributed by atoms with Crippen LogP contribution in [0.2, 0.25) is 0 Å². The van der Waals surface area contributed by atoms with Gasteiger partial charge in [0.25, 0.3) is 5.69 Å². The minimum absolute atomic E-state index is 0.0626. The molecule has 6 heteroatoms. The summed E-state index contributed by atoms with van der Waals surface area (Å²) in [6.07, 6.45) is 2.46. The number of carboxylic acids is 1. The van der Waals surface area contributed by atoms with E-state index >= 15 is 0 Å². The molecule has 0 amide bonds. The van der Waals surface area contributed by atoms with E-state index in [4.69, 9.17) is 0 Å². The van der Waals surface area contributed by atoms with Crippen molar-refractivity contribution in [2.45, 2.75) is 32.2 Å². The summed E-state index contributed by atoms with van der Waals surface area (Å²) in [6, 6.07) is 4.24. The van der Waals surface area contributed by atoms with Crippen molar-refractivity contribution in [2.75, 3.05) is 11.4 Å². The van der Waals surface area contributed by atoms with Crippen LogP contribution in [0.5, 0.6) is 0 Å². The van der Waals surface area contributed by atoms with Crippen LogP contribution >= 0.6 is 0 Å². The van der Waals surface area contributed by atoms with E-state index in [9.17, 15) is 20.0 Å². The third-order valence-corrected chi connectivity index (χ3v) is 3.50. The number of piperidine rings is 1. The number of aryl methyl sites for hydroxylation is 1. The molecular formula is C13H16N2O4. The first kappa shape index (κ1) is 13.3. The normalized spacial score (nSPS) is 19.2. The van der Waals surface area contributed by atoms with Crippen LogP contribution in [0.15, 0.2) is 18.2 Å². The molecule has 1 heterocycles. The zero-order valence-corrected chi connectivity index (χ0v) is 10.7. The van der Waals surface area contributed by atoms with E-state index in [2.05, 4.69) is 0 Å². The number of nitro benzene ring substituents is 1. The third-order valence-electron chi connectivity index (χ3n) is 3.50. The zero-order valence-electron chi connectivity index (χ0n) is 10.7. The van der Waals surface area contributed by atoms with E-state index in [0.717, 1.165) is 18.5 Å². The number of rotatable bonds is 3. The molecule has 1 N–H and O–H groups in total. The molecule has 1 aliphatic rings. The van der Waals surface area contributed by atoms with Gasteiger partial charge in [-0.05, 0) is 38.3 Å². The summed E-state index contributed by atoms with van der Waals surface area (Å²) in [5, 5.41) is 20.0. The lowest BCUT2D eigenvalue weighted by molar-refractivity contribution is -0.385. The molecule has 0 saturated carbocycles. The van der Waals surface area contributed by atoms with Gasteiger partial charge in [0.05, 0.1) is 4.92 Å². The second-order valence-electron chi connectivity index (χ2n) is 4.77. The minimum Gasteiger partial charge on any atom is -0.480 e. The quantitative estimate of drug-likeness (QED) is 0.669. The van der Waals surface area contributed by atoms with Crippen LogP contribution < -0.4 is 4.90 Å². The molecule has 0 radical (unpaired) electrons. The minimum atomic E-state index is -0.837. The van der Waals surface area contributed by atoms with Crippen molar-refractivity contribution in [3.05, 3.63) is 33.9 Å². The summed E-state index contributed by atoms with van der Waals surface area (Å²) in [6.45, 7) is 2.34. The molecule has 1 aromatic carbocycles. The van der Waals surface area contributed by atoms with Crippen molar-refractivity contribution in [3.8, 4) is 0 Å². The number of hydrogen-bond acceptors (Lipinski definition) is 4. The fraction of sp³-hybridized carbons (Fsp3) is 0.462. The highest BCUT2D eigenvalue weighted by atomic mass is 16.6. The first-order chi connectivity index (χ1) is 9.00. The van der Waals surface area contributed by atoms with Gasteiger partial charge in [0.1, 0.15) is 6.04 Å². The van der Waals surface area contributed by atoms with Crippen LogP contribution in [0, 0.1) is 17.0 Å². The van der Waals surface area contributed by atoms with Gasteiger partial charge in [-0.25, -0.2) is 4.79 Å². The molecule has 2 rings (SSSR count). The lowest BCUT2D eigenvalue weighted by Gasteiger charge is -2.35. The summed E-state index contributed by atoms with van der Waals surface area (Å²) < 4.78 is 0. The van der Waals surface area contributed by atoms with Crippen molar-refractivity contribution in [2.24, 2.45) is 0 Å². The molecule has 1 aliphatic heterocycles. The van der Waals surface area contributed by atoms with Crippen molar-refractivity contribution in [1.82, 2.24) is 0 Å². The lowest BCUT2D eigenvalue weighted by atomic mass is 10.0. The van der Waals surface area contributed by atoms with E-state index in [0.29, 0.717) is 18.5 Å². The number of hydrogen-bond donors (Lipinski definition) is 1. The van der Waals surface area contributed by atoms with Gasteiger partial charge in [-0.2, -0.15) is 0 Å². The maximum absolute atomic E-state index is 11.2. The smallest absolute Gasteiger partial charge is 0.326 e. The number of nitrogens with zero attached hydrogens (tertiary/aromatic N) is 2. The Morgan fingerprint density at radius 3 is 2.79 bits per heavy atom. The van der Waals surface area contributed by atoms with Crippen LogP contribution in [0.4, 0.5) is 11.4 Å². The van der Waals surface area contributed by atoms with Gasteiger partial charge < -0.3 is 10.0 Å². The highest BCUT2D eigenvalue weighted by molar-refractivity contribution is 5.78. The Balaban J connectivity index is 2.32. The average molecular weight is 264 g/mol. The molecule has 0 aliphatic carbocycles. The van der Waals surface area contributed by atoms with Gasteiger partial charge in [-0.1, -0.05) is 0 Å². The number of benzene rings is 1. The molecule has 1 saturated heterocycles. The van der Waals surface area contributed by atoms with Crippen LogP contribution in [-0.2, 0) is 4.79 Å². The number of carbonyl (C=O) groups is 1. The first-order valence-electron chi connectivity index (χ1n) is 6.25. The van der Waals surface area contributed by atoms with Crippen molar-refractivity contribution < 1.29 is 14.8 Å². The summed E-state index contributed by atoms with van der Waals surface area (Å²) >= 11 is 0. The first-order valence-corrected chi connectivity index (χ1v) is 6.25. The van der Waals surface area contributed by atoms with Gasteiger partial charge in [-0.15, -0.1) is 0 Å². The highest BCUT2D eigenvalue weighted by Gasteiger charge is 2.29. The van der Waals surface area contributed by atoms with Gasteiger partial charge in [-0.3, -0.25) is 10.1 Å². The van der Waals surface area contributed by atoms with Gasteiger partial charge in [0.2, 0.25) is 0 Å². The molecule has 1 atom stereocenters. The largest absolute Gasteiger partial charge is 0.480 e. The maximum Gasteiger partial charge on any atom is 0.326 e. The van der Waals surface area contributed by atoms with Crippen molar-refractivity contribution in [3.63, 3.8) is 0 Å². The Hall–Kier alpha value is -2.11. The molecule has 102 valence electrons. The molecule has 1 unspecified atom stereocenters. The second kappa shape index (κ2) is 5.26. The number of carboxylic acid groups (broad SMARTS) is 1. The van der Waals surface area contributed by atoms with Gasteiger partial charge in [0.15, 0.2) is 0 Å². The van der Waals surface area contributed by atoms with E-state index in [-0.39, 0.29) is 5.69 Å². The predicted octanol–water partition coefficient (Wildman–Crippen LogP) is 2.35. The van der Waals surface area contributed by atoms with Gasteiger partial charge in [0, 0.05) is 23.9 Å². The van der Waals surface area contributed by atoms with Gasteiger partial charge >= 0.3 is 5.97 Å². The maximum atomic E-state index is 11.2. The molecule has 6 nitrogen and oxygen atoms in total. The van der Waals surface area contributed by atoms with E-state index in [1.54, 1.807) is 19.1 Å². The third kappa shape index (κ3) is 2.67. The monoisotopic (exact) mass is 264 g/mol. The van der Waals surface area contributed by atoms with Crippen molar-refractivity contribution >= 4 is 17.3 Å². The summed E-state index contributed by atoms with van der Waals surface area (Å²) in [5.41, 5.74) is 1.36. The zero-order chi connectivity index (χ0) is 14.0. The summed E-state index contributed by atoms with van der Waals surface area (Å²) in [5.74, 6) is -0.837. The highest BCUT2D eigenvalue weighted by Crippen LogP contribution is 2.29. The number of aliphatic carboxylic acids is 1. The second-order valence-corrected chi connectivity index (χ2v) is 4.77. The SMILES string of the molecule is Cc1cc(N2CCCCC2C(=O)O)ccc1[N+](=O)[O-]. The lowest BCUT2D eigenvalue weighted by Crippen LogP contribution is -2.44. The molecule has 0 bridgehead atoms. The van der Waals surface area contributed by atoms with Crippen LogP contribution in [0.3, 0.4) is 0 Å². The molecule has 0 spiro atoms. The van der Waals surface area contributed by atoms with E-state index in [1.165, 1.54) is 6.07 Å². The Kier molecular flexibility index (Phi) is 3.69. The summed E-state index contributed by atoms with van der Waals surface area (Å²) in [7, 11) is 0. The Labute approximate surface area is 110 Å². The predicted molar refractivity (Wildman–Crippen MR) is 70.5 cm³/mol. The average Bonchev–Trinajstić information content (AvgIpc) is 2.38. The summed E-state index contributed by atoms with van der Waals surface area (Å²) in [4.78, 5) is 23.4. The van der Waals surface area contributed by atoms with Crippen LogP contribution in [-0.4, -0.2) is 28.6 Å². The molecule has 1 aromatic rings. The van der Waals surface area contributed by atoms with E-state index in [1.807, 2.05) is 4.90 Å². The fourth-order valence-electron chi connectivity index (χ4n) is 2.52. The standard InChI is InChI=1S/C13H16N2O4/c1-9-8-10(5-6-11(9)15(18)19)14-7-3-2-4-12(14)13(16)17/h5-6,8,12H,2-4,7H2,1H3,(H,16,17). The topological polar surface area (TPSA) is 83.7 Å². The molecule has 19 heavy (non-hydrogen) atoms. The Bertz CT molecular complexity index is 515. The molecule has 0 aromatic heterocycles.